The molecule has 11 rings (SSSR count). The zero-order chi connectivity index (χ0) is 83.8. The van der Waals surface area contributed by atoms with Gasteiger partial charge >= 0.3 is 0 Å². The van der Waals surface area contributed by atoms with Crippen molar-refractivity contribution >= 4 is 11.6 Å². The number of aromatic nitrogens is 4. The molecular weight excluding hydrogens is 1430 g/mol. The Balaban J connectivity index is 0.000000221. The molecular formula is C91H166N14O9. The number of carbonyl (C=O) groups excluding carboxylic acids is 2. The molecule has 17 atom stereocenters. The average molecular weight is 1600 g/mol. The zero-order valence-electron chi connectivity index (χ0n) is 74.6. The van der Waals surface area contributed by atoms with Crippen LogP contribution in [-0.4, -0.2) is 196 Å². The number of aliphatic hydroxyl groups is 4. The standard InChI is InChI=1S/C26H41N3O4.C16H36N4.C16H22N2.C12H26N2O2.C11H22N2O.C10H19NO2/c1-5-19-17(3)28-21-9-7-11-25(30,23(19)21)32-15-13-27-14-16-33-26(31)12-8-10-22-24(26)20(6-2)18(4)29-22;1-5-15(17)11(3)19-13-8-7-9-14(10-13)20-12(4)16(18)6-2;1-5-12-9(3)11-7-8-14-15(16(11)18-12)10(4)13(6-2)17-14;1-9(7-15)13-11-4-3-5-12(6-11)14-10(2)8-16;1-3-11(12)8(2)13-9-5-4-6-10(14)7-9;1-8(7-13-2)11-9-4-3-5-10(12)6-9/h27-31H,5-16H2,1-4H3;11-16,19-20H,5-10,17-18H2,1-4H3;17-18H,5-8H2,1-4H3;9-16H,3-8H2,1-2H3;8-9,11,13H,3-7,12H2,1-2H3;8-9,11H,3-7H2,1-2H3. The van der Waals surface area contributed by atoms with E-state index in [1.807, 2.05) is 13.8 Å². The Morgan fingerprint density at radius 2 is 0.860 bits per heavy atom. The molecule has 0 spiro atoms. The number of fused-ring (bicyclic) bond motifs is 5. The van der Waals surface area contributed by atoms with Gasteiger partial charge in [-0.3, -0.25) is 9.59 Å². The summed E-state index contributed by atoms with van der Waals surface area (Å²) in [4.78, 5) is 36.5. The summed E-state index contributed by atoms with van der Waals surface area (Å²) in [5.74, 6) is -1.63. The molecule has 4 saturated carbocycles. The van der Waals surface area contributed by atoms with Crippen molar-refractivity contribution < 1.29 is 44.2 Å². The third kappa shape index (κ3) is 29.6. The molecule has 0 bridgehead atoms. The lowest BCUT2D eigenvalue weighted by Crippen LogP contribution is -2.53. The van der Waals surface area contributed by atoms with Gasteiger partial charge in [0.2, 0.25) is 0 Å². The number of H-pyrrole nitrogens is 4. The molecule has 4 aromatic heterocycles. The van der Waals surface area contributed by atoms with Gasteiger partial charge < -0.3 is 109 Å². The van der Waals surface area contributed by atoms with Crippen molar-refractivity contribution in [3.05, 3.63) is 78.8 Å². The summed E-state index contributed by atoms with van der Waals surface area (Å²) in [5, 5.41) is 65.0. The summed E-state index contributed by atoms with van der Waals surface area (Å²) in [6, 6.07) is 5.48. The molecule has 4 fully saturated rings. The summed E-state index contributed by atoms with van der Waals surface area (Å²) in [5.41, 5.74) is 38.5. The molecule has 7 aliphatic carbocycles. The molecule has 23 nitrogen and oxygen atoms in total. The van der Waals surface area contributed by atoms with Gasteiger partial charge in [0, 0.05) is 206 Å². The van der Waals surface area contributed by atoms with Gasteiger partial charge in [0.15, 0.2) is 11.6 Å². The van der Waals surface area contributed by atoms with E-state index in [2.05, 4.69) is 161 Å². The molecule has 0 aliphatic heterocycles. The molecule has 0 saturated heterocycles. The first kappa shape index (κ1) is 98.6. The normalized spacial score (nSPS) is 25.0. The number of aromatic amines is 4. The van der Waals surface area contributed by atoms with Gasteiger partial charge in [-0.2, -0.15) is 0 Å². The van der Waals surface area contributed by atoms with Gasteiger partial charge in [0.25, 0.3) is 0 Å². The molecule has 0 aromatic carbocycles. The Labute approximate surface area is 689 Å². The zero-order valence-corrected chi connectivity index (χ0v) is 74.6. The number of aryl methyl sites for hydroxylation is 7. The first-order valence-electron chi connectivity index (χ1n) is 45.3. The van der Waals surface area contributed by atoms with Gasteiger partial charge in [-0.05, 0) is 245 Å². The second-order valence-corrected chi connectivity index (χ2v) is 34.9. The second-order valence-electron chi connectivity index (χ2n) is 34.9. The monoisotopic (exact) mass is 1600 g/mol. The minimum atomic E-state index is -1.21. The molecule has 7 aliphatic rings. The Bertz CT molecular complexity index is 3290. The molecule has 4 aromatic rings. The minimum Gasteiger partial charge on any atom is -0.395 e. The highest BCUT2D eigenvalue weighted by Crippen LogP contribution is 2.43. The topological polar surface area (TPSA) is 368 Å². The number of aliphatic hydroxyl groups excluding tert-OH is 2. The summed E-state index contributed by atoms with van der Waals surface area (Å²) >= 11 is 0. The minimum absolute atomic E-state index is 0.180. The van der Waals surface area contributed by atoms with E-state index < -0.39 is 11.6 Å². The van der Waals surface area contributed by atoms with Crippen LogP contribution in [0.4, 0.5) is 0 Å². The van der Waals surface area contributed by atoms with E-state index in [-0.39, 0.29) is 43.4 Å². The van der Waals surface area contributed by atoms with Crippen molar-refractivity contribution in [1.29, 1.82) is 0 Å². The van der Waals surface area contributed by atoms with Crippen molar-refractivity contribution in [2.45, 2.75) is 419 Å². The lowest BCUT2D eigenvalue weighted by molar-refractivity contribution is -0.223. The number of rotatable bonds is 34. The van der Waals surface area contributed by atoms with E-state index in [4.69, 9.17) is 41.6 Å². The molecule has 23 heteroatoms. The SMILES string of the molecule is CC(CO)NC1CCCC(NC(C)CO)C1.CCC(N)C(C)NC1CCCC(=O)C1.CCC(N)C(C)NC1CCCC(NC(C)C(N)CC)C1.CCc1[nH]c2c(c1C)CCc1[nH]c(CC)c(C)c1-2.CCc1c(C)[nH]c2c1C(O)(OCCNCCOC1(O)CCCc3[nH]c(C)c(CC)c31)CCC2.COCC(C)NC1CCCC(=O)C1. The Morgan fingerprint density at radius 1 is 0.465 bits per heavy atom. The van der Waals surface area contributed by atoms with Crippen LogP contribution in [0.3, 0.4) is 0 Å². The molecule has 17 unspecified atom stereocenters. The van der Waals surface area contributed by atoms with Crippen LogP contribution >= 0.6 is 0 Å². The van der Waals surface area contributed by atoms with Crippen LogP contribution in [0.5, 0.6) is 0 Å². The van der Waals surface area contributed by atoms with Crippen molar-refractivity contribution in [2.75, 3.05) is 53.2 Å². The third-order valence-electron chi connectivity index (χ3n) is 25.6. The van der Waals surface area contributed by atoms with Gasteiger partial charge in [-0.25, -0.2) is 0 Å². The number of hydrogen-bond donors (Lipinski definition) is 18. The van der Waals surface area contributed by atoms with Gasteiger partial charge in [0.1, 0.15) is 11.6 Å². The molecule has 114 heavy (non-hydrogen) atoms. The average Bonchev–Trinajstić information content (AvgIpc) is 1.61. The number of hydrogen-bond acceptors (Lipinski definition) is 19. The smallest absolute Gasteiger partial charge is 0.194 e. The Kier molecular flexibility index (Phi) is 43.4. The van der Waals surface area contributed by atoms with E-state index in [0.717, 1.165) is 156 Å². The maximum atomic E-state index is 11.3. The fourth-order valence-electron chi connectivity index (χ4n) is 18.8. The predicted molar refractivity (Wildman–Crippen MR) is 468 cm³/mol. The number of ketones is 2. The summed E-state index contributed by atoms with van der Waals surface area (Å²) in [6.45, 7) is 39.5. The lowest BCUT2D eigenvalue weighted by Gasteiger charge is -2.36. The quantitative estimate of drug-likeness (QED) is 0.0153. The van der Waals surface area contributed by atoms with Crippen LogP contribution < -0.4 is 54.4 Å². The van der Waals surface area contributed by atoms with Crippen molar-refractivity contribution in [3.63, 3.8) is 0 Å². The number of Topliss-reactive ketones (excluding diaryl/α,β-unsaturated/α-hetero) is 2. The van der Waals surface area contributed by atoms with E-state index in [1.165, 1.54) is 102 Å². The number of ether oxygens (including phenoxy) is 3. The third-order valence-corrected chi connectivity index (χ3v) is 25.6. The fourth-order valence-corrected chi connectivity index (χ4v) is 18.8. The Hall–Kier alpha value is -4.22. The second kappa shape index (κ2) is 50.1. The molecule has 4 heterocycles. The highest BCUT2D eigenvalue weighted by Gasteiger charge is 2.41. The summed E-state index contributed by atoms with van der Waals surface area (Å²) < 4.78 is 17.1. The maximum Gasteiger partial charge on any atom is 0.194 e. The van der Waals surface area contributed by atoms with Crippen LogP contribution in [-0.2, 0) is 86.7 Å². The van der Waals surface area contributed by atoms with E-state index in [1.54, 1.807) is 12.7 Å². The van der Waals surface area contributed by atoms with Crippen LogP contribution in [0, 0.1) is 27.7 Å². The van der Waals surface area contributed by atoms with Gasteiger partial charge in [-0.15, -0.1) is 0 Å². The predicted octanol–water partition coefficient (Wildman–Crippen LogP) is 11.5. The molecule has 0 radical (unpaired) electrons. The van der Waals surface area contributed by atoms with Crippen molar-refractivity contribution in [2.24, 2.45) is 17.2 Å². The summed E-state index contributed by atoms with van der Waals surface area (Å²) in [7, 11) is 1.70. The Morgan fingerprint density at radius 3 is 1.25 bits per heavy atom. The lowest BCUT2D eigenvalue weighted by atomic mass is 9.88. The van der Waals surface area contributed by atoms with Crippen LogP contribution in [0.15, 0.2) is 0 Å². The first-order chi connectivity index (χ1) is 54.5. The number of nitrogens with two attached hydrogens (primary N) is 3. The molecule has 0 amide bonds. The van der Waals surface area contributed by atoms with Crippen molar-refractivity contribution in [1.82, 2.24) is 57.2 Å². The van der Waals surface area contributed by atoms with Gasteiger partial charge in [0.05, 0.1) is 38.7 Å². The van der Waals surface area contributed by atoms with E-state index in [0.29, 0.717) is 131 Å². The van der Waals surface area contributed by atoms with E-state index >= 15 is 0 Å². The van der Waals surface area contributed by atoms with Gasteiger partial charge in [-0.1, -0.05) is 61.3 Å². The summed E-state index contributed by atoms with van der Waals surface area (Å²) in [6.07, 6.45) is 31.3. The maximum absolute atomic E-state index is 11.3. The van der Waals surface area contributed by atoms with Crippen LogP contribution in [0.2, 0.25) is 0 Å². The fraction of sp³-hybridized carbons (Fsp3) is 0.802. The first-order valence-corrected chi connectivity index (χ1v) is 45.3. The van der Waals surface area contributed by atoms with Crippen LogP contribution in [0.1, 0.15) is 316 Å². The molecule has 21 N–H and O–H groups in total. The van der Waals surface area contributed by atoms with E-state index in [9.17, 15) is 19.8 Å². The molecule has 654 valence electrons. The number of nitrogens with one attached hydrogen (secondary N) is 11. The highest BCUT2D eigenvalue weighted by atomic mass is 16.6. The number of carbonyl (C=O) groups is 2. The highest BCUT2D eigenvalue weighted by molar-refractivity contribution is 5.80. The van der Waals surface area contributed by atoms with Crippen molar-refractivity contribution in [3.8, 4) is 11.3 Å². The number of methoxy groups -OCH3 is 1. The largest absolute Gasteiger partial charge is 0.395 e. The van der Waals surface area contributed by atoms with Crippen LogP contribution in [0.25, 0.3) is 11.3 Å².